The van der Waals surface area contributed by atoms with Gasteiger partial charge in [0.1, 0.15) is 0 Å². The van der Waals surface area contributed by atoms with Crippen LogP contribution >= 0.6 is 0 Å². The second-order valence-electron chi connectivity index (χ2n) is 6.22. The molecule has 118 valence electrons. The number of rotatable bonds is 6. The number of hydrogen-bond acceptors (Lipinski definition) is 4. The van der Waals surface area contributed by atoms with Crippen LogP contribution < -0.4 is 0 Å². The van der Waals surface area contributed by atoms with Gasteiger partial charge in [0.2, 0.25) is 0 Å². The van der Waals surface area contributed by atoms with Crippen LogP contribution in [0.4, 0.5) is 0 Å². The fourth-order valence-corrected chi connectivity index (χ4v) is 3.30. The third kappa shape index (κ3) is 3.54. The van der Waals surface area contributed by atoms with E-state index in [9.17, 15) is 5.11 Å². The van der Waals surface area contributed by atoms with Crippen LogP contribution in [0.15, 0.2) is 36.7 Å². The van der Waals surface area contributed by atoms with E-state index in [2.05, 4.69) is 46.4 Å². The standard InChI is InChI=1S/C17H24N4O/c1-2-15-5-3-4-6-16(15)7-10-20-11-8-17(22,13-20)14-21-12-9-18-19-21/h3-6,9,12,22H,2,7-8,10-11,13-14H2,1H3. The van der Waals surface area contributed by atoms with Gasteiger partial charge in [-0.1, -0.05) is 36.4 Å². The number of likely N-dealkylation sites (tertiary alicyclic amines) is 1. The van der Waals surface area contributed by atoms with Gasteiger partial charge in [0, 0.05) is 25.8 Å². The molecule has 22 heavy (non-hydrogen) atoms. The van der Waals surface area contributed by atoms with Gasteiger partial charge in [0.15, 0.2) is 0 Å². The first-order valence-electron chi connectivity index (χ1n) is 8.04. The van der Waals surface area contributed by atoms with Crippen molar-refractivity contribution in [2.45, 2.75) is 38.3 Å². The summed E-state index contributed by atoms with van der Waals surface area (Å²) in [5.74, 6) is 0. The maximum absolute atomic E-state index is 10.7. The Hall–Kier alpha value is -1.72. The SMILES string of the molecule is CCc1ccccc1CCN1CCC(O)(Cn2ccnn2)C1. The molecule has 2 aromatic rings. The lowest BCUT2D eigenvalue weighted by Crippen LogP contribution is -2.38. The second-order valence-corrected chi connectivity index (χ2v) is 6.22. The number of hydrogen-bond donors (Lipinski definition) is 1. The Bertz CT molecular complexity index is 598. The molecule has 1 aliphatic heterocycles. The predicted molar refractivity (Wildman–Crippen MR) is 85.6 cm³/mol. The van der Waals surface area contributed by atoms with Gasteiger partial charge >= 0.3 is 0 Å². The monoisotopic (exact) mass is 300 g/mol. The minimum Gasteiger partial charge on any atom is -0.387 e. The summed E-state index contributed by atoms with van der Waals surface area (Å²) in [6, 6.07) is 8.64. The van der Waals surface area contributed by atoms with Crippen LogP contribution in [0, 0.1) is 0 Å². The first-order valence-corrected chi connectivity index (χ1v) is 8.04. The summed E-state index contributed by atoms with van der Waals surface area (Å²) >= 11 is 0. The molecule has 1 fully saturated rings. The van der Waals surface area contributed by atoms with Crippen molar-refractivity contribution in [3.05, 3.63) is 47.8 Å². The Labute approximate surface area is 131 Å². The van der Waals surface area contributed by atoms with Crippen LogP contribution in [0.25, 0.3) is 0 Å². The van der Waals surface area contributed by atoms with Gasteiger partial charge < -0.3 is 5.11 Å². The molecule has 1 aromatic heterocycles. The molecule has 1 unspecified atom stereocenters. The Morgan fingerprint density at radius 2 is 2.09 bits per heavy atom. The zero-order chi connectivity index (χ0) is 15.4. The molecule has 0 aliphatic carbocycles. The number of aromatic nitrogens is 3. The van der Waals surface area contributed by atoms with Gasteiger partial charge in [-0.25, -0.2) is 4.68 Å². The van der Waals surface area contributed by atoms with Gasteiger partial charge in [0.25, 0.3) is 0 Å². The summed E-state index contributed by atoms with van der Waals surface area (Å²) in [4.78, 5) is 2.35. The second kappa shape index (κ2) is 6.58. The van der Waals surface area contributed by atoms with Gasteiger partial charge in [-0.3, -0.25) is 4.90 Å². The highest BCUT2D eigenvalue weighted by Gasteiger charge is 2.36. The van der Waals surface area contributed by atoms with Crippen molar-refractivity contribution in [2.24, 2.45) is 0 Å². The summed E-state index contributed by atoms with van der Waals surface area (Å²) in [5.41, 5.74) is 2.18. The van der Waals surface area contributed by atoms with Crippen LogP contribution in [0.3, 0.4) is 0 Å². The summed E-state index contributed by atoms with van der Waals surface area (Å²) < 4.78 is 1.72. The smallest absolute Gasteiger partial charge is 0.0981 e. The molecule has 0 amide bonds. The predicted octanol–water partition coefficient (Wildman–Crippen LogP) is 1.52. The van der Waals surface area contributed by atoms with E-state index in [0.29, 0.717) is 13.1 Å². The van der Waals surface area contributed by atoms with E-state index in [4.69, 9.17) is 0 Å². The number of β-amino-alcohol motifs (C(OH)–C–C–N with tert-alkyl or cyclic N) is 1. The summed E-state index contributed by atoms with van der Waals surface area (Å²) in [6.07, 6.45) is 6.37. The highest BCUT2D eigenvalue weighted by molar-refractivity contribution is 5.27. The minimum atomic E-state index is -0.683. The lowest BCUT2D eigenvalue weighted by atomic mass is 10.0. The maximum atomic E-state index is 10.7. The zero-order valence-electron chi connectivity index (χ0n) is 13.1. The third-order valence-electron chi connectivity index (χ3n) is 4.54. The average molecular weight is 300 g/mol. The number of aliphatic hydroxyl groups is 1. The molecule has 1 N–H and O–H groups in total. The van der Waals surface area contributed by atoms with Crippen LogP contribution in [-0.2, 0) is 19.4 Å². The molecule has 1 aliphatic rings. The molecule has 5 heteroatoms. The molecule has 1 atom stereocenters. The maximum Gasteiger partial charge on any atom is 0.0981 e. The van der Waals surface area contributed by atoms with E-state index in [1.54, 1.807) is 17.1 Å². The molecule has 0 saturated carbocycles. The minimum absolute atomic E-state index is 0.523. The summed E-state index contributed by atoms with van der Waals surface area (Å²) in [6.45, 7) is 5.37. The topological polar surface area (TPSA) is 54.2 Å². The Kier molecular flexibility index (Phi) is 4.55. The highest BCUT2D eigenvalue weighted by atomic mass is 16.3. The molecule has 1 aromatic carbocycles. The lowest BCUT2D eigenvalue weighted by Gasteiger charge is -2.23. The van der Waals surface area contributed by atoms with Gasteiger partial charge in [-0.15, -0.1) is 5.10 Å². The van der Waals surface area contributed by atoms with Crippen LogP contribution in [0.2, 0.25) is 0 Å². The molecule has 1 saturated heterocycles. The average Bonchev–Trinajstić information content (AvgIpc) is 3.15. The first-order chi connectivity index (χ1) is 10.7. The molecule has 2 heterocycles. The number of aryl methyl sites for hydroxylation is 1. The van der Waals surface area contributed by atoms with Crippen molar-refractivity contribution in [3.8, 4) is 0 Å². The van der Waals surface area contributed by atoms with Crippen LogP contribution in [0.1, 0.15) is 24.5 Å². The van der Waals surface area contributed by atoms with Gasteiger partial charge in [-0.05, 0) is 30.4 Å². The van der Waals surface area contributed by atoms with Crippen molar-refractivity contribution in [2.75, 3.05) is 19.6 Å². The zero-order valence-corrected chi connectivity index (χ0v) is 13.1. The van der Waals surface area contributed by atoms with Crippen molar-refractivity contribution in [1.82, 2.24) is 19.9 Å². The molecular weight excluding hydrogens is 276 g/mol. The van der Waals surface area contributed by atoms with Gasteiger partial charge in [-0.2, -0.15) is 0 Å². The number of benzene rings is 1. The van der Waals surface area contributed by atoms with E-state index in [1.165, 1.54) is 11.1 Å². The van der Waals surface area contributed by atoms with Crippen molar-refractivity contribution in [1.29, 1.82) is 0 Å². The Morgan fingerprint density at radius 3 is 2.82 bits per heavy atom. The van der Waals surface area contributed by atoms with Gasteiger partial charge in [0.05, 0.1) is 18.3 Å². The fraction of sp³-hybridized carbons (Fsp3) is 0.529. The first kappa shape index (κ1) is 15.2. The number of nitrogens with zero attached hydrogens (tertiary/aromatic N) is 4. The molecule has 5 nitrogen and oxygen atoms in total. The Balaban J connectivity index is 1.54. The molecule has 3 rings (SSSR count). The van der Waals surface area contributed by atoms with E-state index >= 15 is 0 Å². The quantitative estimate of drug-likeness (QED) is 0.879. The Morgan fingerprint density at radius 1 is 1.27 bits per heavy atom. The van der Waals surface area contributed by atoms with Crippen LogP contribution in [0.5, 0.6) is 0 Å². The summed E-state index contributed by atoms with van der Waals surface area (Å²) in [7, 11) is 0. The largest absolute Gasteiger partial charge is 0.387 e. The van der Waals surface area contributed by atoms with E-state index in [-0.39, 0.29) is 0 Å². The van der Waals surface area contributed by atoms with Crippen LogP contribution in [-0.4, -0.2) is 50.2 Å². The third-order valence-corrected chi connectivity index (χ3v) is 4.54. The molecular formula is C17H24N4O. The van der Waals surface area contributed by atoms with E-state index in [0.717, 1.165) is 32.4 Å². The van der Waals surface area contributed by atoms with E-state index < -0.39 is 5.60 Å². The van der Waals surface area contributed by atoms with Crippen molar-refractivity contribution < 1.29 is 5.11 Å². The fourth-order valence-electron chi connectivity index (χ4n) is 3.30. The molecule has 0 spiro atoms. The van der Waals surface area contributed by atoms with E-state index in [1.807, 2.05) is 0 Å². The summed E-state index contributed by atoms with van der Waals surface area (Å²) in [5, 5.41) is 18.5. The van der Waals surface area contributed by atoms with Crippen molar-refractivity contribution >= 4 is 0 Å². The molecule has 0 bridgehead atoms. The molecule has 0 radical (unpaired) electrons. The highest BCUT2D eigenvalue weighted by Crippen LogP contribution is 2.23. The lowest BCUT2D eigenvalue weighted by molar-refractivity contribution is 0.0283. The van der Waals surface area contributed by atoms with Crippen molar-refractivity contribution in [3.63, 3.8) is 0 Å². The normalized spacial score (nSPS) is 22.3.